The van der Waals surface area contributed by atoms with Crippen LogP contribution in [0, 0.1) is 12.7 Å². The number of nitrogens with zero attached hydrogens (tertiary/aromatic N) is 1. The first kappa shape index (κ1) is 17.1. The van der Waals surface area contributed by atoms with Crippen LogP contribution < -0.4 is 5.32 Å². The van der Waals surface area contributed by atoms with Crippen LogP contribution in [0.25, 0.3) is 0 Å². The monoisotopic (exact) mass is 340 g/mol. The summed E-state index contributed by atoms with van der Waals surface area (Å²) in [5.74, 6) is -0.419. The number of likely N-dealkylation sites (tertiary alicyclic amines) is 1. The van der Waals surface area contributed by atoms with Crippen LogP contribution in [-0.2, 0) is 22.6 Å². The molecule has 1 saturated heterocycles. The van der Waals surface area contributed by atoms with Crippen molar-refractivity contribution in [2.24, 2.45) is 0 Å². The number of amides is 2. The average molecular weight is 340 g/mol. The molecule has 0 bridgehead atoms. The second-order valence-electron chi connectivity index (χ2n) is 6.48. The molecule has 0 saturated carbocycles. The number of nitrogens with one attached hydrogen (secondary N) is 1. The Morgan fingerprint density at radius 2 is 2.04 bits per heavy atom. The molecule has 2 aromatic carbocycles. The molecule has 0 aliphatic carbocycles. The minimum atomic E-state index is -0.313. The van der Waals surface area contributed by atoms with Gasteiger partial charge in [-0.05, 0) is 35.7 Å². The summed E-state index contributed by atoms with van der Waals surface area (Å²) in [5.41, 5.74) is 2.81. The van der Waals surface area contributed by atoms with Crippen molar-refractivity contribution in [1.29, 1.82) is 0 Å². The third-order valence-electron chi connectivity index (χ3n) is 4.45. The summed E-state index contributed by atoms with van der Waals surface area (Å²) in [5, 5.41) is 2.94. The van der Waals surface area contributed by atoms with Crippen LogP contribution in [0.4, 0.5) is 4.39 Å². The van der Waals surface area contributed by atoms with Gasteiger partial charge in [0, 0.05) is 19.5 Å². The number of carbonyl (C=O) groups is 2. The summed E-state index contributed by atoms with van der Waals surface area (Å²) in [7, 11) is 0. The fraction of sp³-hybridized carbons (Fsp3) is 0.300. The van der Waals surface area contributed by atoms with E-state index < -0.39 is 0 Å². The highest BCUT2D eigenvalue weighted by atomic mass is 19.1. The zero-order valence-electron chi connectivity index (χ0n) is 14.2. The van der Waals surface area contributed by atoms with Gasteiger partial charge in [0.05, 0.1) is 12.5 Å². The Morgan fingerprint density at radius 3 is 2.80 bits per heavy atom. The zero-order valence-corrected chi connectivity index (χ0v) is 14.2. The van der Waals surface area contributed by atoms with Gasteiger partial charge in [0.2, 0.25) is 11.8 Å². The number of halogens is 1. The molecule has 0 unspecified atom stereocenters. The summed E-state index contributed by atoms with van der Waals surface area (Å²) < 4.78 is 13.3. The van der Waals surface area contributed by atoms with Crippen molar-refractivity contribution in [1.82, 2.24) is 10.2 Å². The topological polar surface area (TPSA) is 49.4 Å². The van der Waals surface area contributed by atoms with Crippen LogP contribution in [0.15, 0.2) is 48.5 Å². The first-order chi connectivity index (χ1) is 12.0. The van der Waals surface area contributed by atoms with Gasteiger partial charge in [-0.3, -0.25) is 9.59 Å². The lowest BCUT2D eigenvalue weighted by atomic mass is 10.1. The molecular formula is C20H21FN2O2. The molecule has 1 heterocycles. The summed E-state index contributed by atoms with van der Waals surface area (Å²) in [6, 6.07) is 13.8. The van der Waals surface area contributed by atoms with Crippen molar-refractivity contribution in [3.05, 3.63) is 71.0 Å². The summed E-state index contributed by atoms with van der Waals surface area (Å²) in [6.07, 6.45) is 0.593. The van der Waals surface area contributed by atoms with Crippen molar-refractivity contribution >= 4 is 11.8 Å². The Kier molecular flexibility index (Phi) is 5.12. The third kappa shape index (κ3) is 4.44. The van der Waals surface area contributed by atoms with Crippen LogP contribution >= 0.6 is 0 Å². The van der Waals surface area contributed by atoms with E-state index in [4.69, 9.17) is 0 Å². The van der Waals surface area contributed by atoms with Crippen molar-refractivity contribution in [2.75, 3.05) is 6.54 Å². The molecule has 2 amide bonds. The molecule has 130 valence electrons. The Morgan fingerprint density at radius 1 is 1.24 bits per heavy atom. The molecular weight excluding hydrogens is 319 g/mol. The molecule has 0 spiro atoms. The molecule has 1 fully saturated rings. The number of carbonyl (C=O) groups excluding carboxylic acids is 2. The van der Waals surface area contributed by atoms with E-state index in [0.29, 0.717) is 19.5 Å². The van der Waals surface area contributed by atoms with Crippen LogP contribution in [-0.4, -0.2) is 29.3 Å². The molecule has 0 radical (unpaired) electrons. The van der Waals surface area contributed by atoms with Crippen molar-refractivity contribution in [3.8, 4) is 0 Å². The normalized spacial score (nSPS) is 17.0. The van der Waals surface area contributed by atoms with Gasteiger partial charge in [0.25, 0.3) is 0 Å². The SMILES string of the molecule is Cc1ccccc1CC(=O)N[C@@H]1CC(=O)N(Cc2cccc(F)c2)C1. The van der Waals surface area contributed by atoms with Crippen molar-refractivity contribution in [3.63, 3.8) is 0 Å². The standard InChI is InChI=1S/C20H21FN2O2/c1-14-5-2-3-7-16(14)10-19(24)22-18-11-20(25)23(13-18)12-15-6-4-8-17(21)9-15/h2-9,18H,10-13H2,1H3,(H,22,24)/t18-/m1/s1. The quantitative estimate of drug-likeness (QED) is 0.909. The van der Waals surface area contributed by atoms with Crippen LogP contribution in [0.5, 0.6) is 0 Å². The maximum atomic E-state index is 13.3. The number of hydrogen-bond donors (Lipinski definition) is 1. The van der Waals surface area contributed by atoms with E-state index in [9.17, 15) is 14.0 Å². The smallest absolute Gasteiger partial charge is 0.225 e. The number of aryl methyl sites for hydroxylation is 1. The molecule has 25 heavy (non-hydrogen) atoms. The van der Waals surface area contributed by atoms with Gasteiger partial charge >= 0.3 is 0 Å². The number of benzene rings is 2. The molecule has 5 heteroatoms. The Balaban J connectivity index is 1.55. The highest BCUT2D eigenvalue weighted by molar-refractivity contribution is 5.83. The lowest BCUT2D eigenvalue weighted by Gasteiger charge is -2.17. The molecule has 1 N–H and O–H groups in total. The fourth-order valence-electron chi connectivity index (χ4n) is 3.14. The first-order valence-corrected chi connectivity index (χ1v) is 8.37. The van der Waals surface area contributed by atoms with Gasteiger partial charge in [-0.1, -0.05) is 36.4 Å². The second-order valence-corrected chi connectivity index (χ2v) is 6.48. The van der Waals surface area contributed by atoms with E-state index in [2.05, 4.69) is 5.32 Å². The minimum absolute atomic E-state index is 0.0227. The lowest BCUT2D eigenvalue weighted by molar-refractivity contribution is -0.128. The Labute approximate surface area is 146 Å². The van der Waals surface area contributed by atoms with Crippen LogP contribution in [0.3, 0.4) is 0 Å². The summed E-state index contributed by atoms with van der Waals surface area (Å²) in [6.45, 7) is 2.79. The van der Waals surface area contributed by atoms with Gasteiger partial charge in [-0.2, -0.15) is 0 Å². The molecule has 3 rings (SSSR count). The molecule has 1 aliphatic rings. The third-order valence-corrected chi connectivity index (χ3v) is 4.45. The van der Waals surface area contributed by atoms with Gasteiger partial charge in [-0.25, -0.2) is 4.39 Å². The maximum absolute atomic E-state index is 13.3. The fourth-order valence-corrected chi connectivity index (χ4v) is 3.14. The van der Waals surface area contributed by atoms with Gasteiger partial charge in [-0.15, -0.1) is 0 Å². The predicted molar refractivity (Wildman–Crippen MR) is 93.2 cm³/mol. The van der Waals surface area contributed by atoms with E-state index in [1.807, 2.05) is 31.2 Å². The highest BCUT2D eigenvalue weighted by Gasteiger charge is 2.30. The van der Waals surface area contributed by atoms with Gasteiger partial charge < -0.3 is 10.2 Å². The predicted octanol–water partition coefficient (Wildman–Crippen LogP) is 2.59. The number of rotatable bonds is 5. The average Bonchev–Trinajstić information content (AvgIpc) is 2.89. The summed E-state index contributed by atoms with van der Waals surface area (Å²) >= 11 is 0. The first-order valence-electron chi connectivity index (χ1n) is 8.37. The van der Waals surface area contributed by atoms with E-state index in [1.54, 1.807) is 17.0 Å². The van der Waals surface area contributed by atoms with Gasteiger partial charge in [0.1, 0.15) is 5.82 Å². The van der Waals surface area contributed by atoms with E-state index in [0.717, 1.165) is 16.7 Å². The van der Waals surface area contributed by atoms with Crippen LogP contribution in [0.2, 0.25) is 0 Å². The molecule has 4 nitrogen and oxygen atoms in total. The van der Waals surface area contributed by atoms with E-state index >= 15 is 0 Å². The maximum Gasteiger partial charge on any atom is 0.225 e. The molecule has 1 aliphatic heterocycles. The number of hydrogen-bond acceptors (Lipinski definition) is 2. The van der Waals surface area contributed by atoms with E-state index in [-0.39, 0.29) is 30.1 Å². The van der Waals surface area contributed by atoms with Crippen LogP contribution in [0.1, 0.15) is 23.1 Å². The molecule has 2 aromatic rings. The highest BCUT2D eigenvalue weighted by Crippen LogP contribution is 2.16. The van der Waals surface area contributed by atoms with Gasteiger partial charge in [0.15, 0.2) is 0 Å². The van der Waals surface area contributed by atoms with Crippen molar-refractivity contribution < 1.29 is 14.0 Å². The molecule has 0 aromatic heterocycles. The van der Waals surface area contributed by atoms with E-state index in [1.165, 1.54) is 12.1 Å². The summed E-state index contributed by atoms with van der Waals surface area (Å²) in [4.78, 5) is 26.1. The van der Waals surface area contributed by atoms with Crippen molar-refractivity contribution in [2.45, 2.75) is 32.4 Å². The Bertz CT molecular complexity index is 791. The lowest BCUT2D eigenvalue weighted by Crippen LogP contribution is -2.38. The minimum Gasteiger partial charge on any atom is -0.351 e. The molecule has 1 atom stereocenters. The second kappa shape index (κ2) is 7.47. The Hall–Kier alpha value is -2.69. The zero-order chi connectivity index (χ0) is 17.8. The largest absolute Gasteiger partial charge is 0.351 e.